The average molecular weight is 368 g/mol. The molecule has 1 aliphatic heterocycles. The van der Waals surface area contributed by atoms with Gasteiger partial charge < -0.3 is 24.1 Å². The van der Waals surface area contributed by atoms with E-state index in [2.05, 4.69) is 16.8 Å². The van der Waals surface area contributed by atoms with Crippen LogP contribution in [-0.2, 0) is 13.0 Å². The number of pyridine rings is 1. The Morgan fingerprint density at radius 1 is 0.815 bits per heavy atom. The first kappa shape index (κ1) is 17.3. The lowest BCUT2D eigenvalue weighted by Crippen LogP contribution is -2.40. The van der Waals surface area contributed by atoms with Gasteiger partial charge in [-0.2, -0.15) is 4.57 Å². The Labute approximate surface area is 157 Å². The molecule has 3 aromatic rings. The zero-order chi connectivity index (χ0) is 19.1. The van der Waals surface area contributed by atoms with Crippen LogP contribution in [0.25, 0.3) is 22.0 Å². The summed E-state index contributed by atoms with van der Waals surface area (Å²) >= 11 is 0. The highest BCUT2D eigenvalue weighted by Gasteiger charge is 2.30. The van der Waals surface area contributed by atoms with E-state index in [1.54, 1.807) is 21.3 Å². The quantitative estimate of drug-likeness (QED) is 0.717. The number of aromatic hydroxyl groups is 1. The summed E-state index contributed by atoms with van der Waals surface area (Å²) in [6.07, 6.45) is 2.87. The van der Waals surface area contributed by atoms with E-state index in [1.165, 1.54) is 7.11 Å². The van der Waals surface area contributed by atoms with E-state index in [0.29, 0.717) is 23.0 Å². The third-order valence-corrected chi connectivity index (χ3v) is 5.09. The molecule has 1 aromatic heterocycles. The molecule has 0 fully saturated rings. The first-order chi connectivity index (χ1) is 13.1. The zero-order valence-corrected chi connectivity index (χ0v) is 15.8. The Morgan fingerprint density at radius 3 is 2.11 bits per heavy atom. The molecule has 0 radical (unpaired) electrons. The number of ether oxygens (including phenoxy) is 4. The van der Waals surface area contributed by atoms with E-state index in [9.17, 15) is 5.11 Å². The molecule has 2 aromatic carbocycles. The van der Waals surface area contributed by atoms with E-state index in [-0.39, 0.29) is 5.75 Å². The van der Waals surface area contributed by atoms with Crippen molar-refractivity contribution in [2.24, 2.45) is 0 Å². The van der Waals surface area contributed by atoms with E-state index in [1.807, 2.05) is 18.2 Å². The minimum Gasteiger partial charge on any atom is -0.504 e. The van der Waals surface area contributed by atoms with Crippen molar-refractivity contribution in [3.63, 3.8) is 0 Å². The number of hydrogen-bond donors (Lipinski definition) is 1. The molecule has 0 amide bonds. The molecule has 6 nitrogen and oxygen atoms in total. The Morgan fingerprint density at radius 2 is 1.48 bits per heavy atom. The van der Waals surface area contributed by atoms with Crippen LogP contribution in [0.2, 0.25) is 0 Å². The molecule has 1 aliphatic rings. The summed E-state index contributed by atoms with van der Waals surface area (Å²) in [5.41, 5.74) is 2.73. The molecule has 6 heteroatoms. The summed E-state index contributed by atoms with van der Waals surface area (Å²) in [5.74, 6) is 2.34. The average Bonchev–Trinajstić information content (AvgIpc) is 2.70. The minimum absolute atomic E-state index is 0.0973. The third kappa shape index (κ3) is 2.60. The number of benzene rings is 2. The Bertz CT molecular complexity index is 1040. The standard InChI is InChI=1S/C21H21NO5/c1-24-16-9-13-7-15-19-12(8-18(26-3)21(27-4)20(19)23)5-6-22(15)11-14(13)10-17(16)25-2/h7-11H,5-6H2,1-4H3/p+1. The van der Waals surface area contributed by atoms with Crippen molar-refractivity contribution in [2.75, 3.05) is 28.4 Å². The highest BCUT2D eigenvalue weighted by molar-refractivity contribution is 5.89. The number of nitrogens with zero attached hydrogens (tertiary/aromatic N) is 1. The lowest BCUT2D eigenvalue weighted by Gasteiger charge is -2.20. The fraction of sp³-hybridized carbons (Fsp3) is 0.286. The van der Waals surface area contributed by atoms with Crippen LogP contribution in [0.15, 0.2) is 30.5 Å². The lowest BCUT2D eigenvalue weighted by molar-refractivity contribution is -0.686. The van der Waals surface area contributed by atoms with Crippen LogP contribution >= 0.6 is 0 Å². The van der Waals surface area contributed by atoms with Crippen LogP contribution in [0.1, 0.15) is 5.56 Å². The van der Waals surface area contributed by atoms with Crippen LogP contribution in [0, 0.1) is 0 Å². The molecule has 0 unspecified atom stereocenters. The predicted molar refractivity (Wildman–Crippen MR) is 101 cm³/mol. The van der Waals surface area contributed by atoms with Crippen molar-refractivity contribution < 1.29 is 28.6 Å². The van der Waals surface area contributed by atoms with Crippen molar-refractivity contribution >= 4 is 10.8 Å². The number of phenolic OH excluding ortho intramolecular Hbond substituents is 1. The summed E-state index contributed by atoms with van der Waals surface area (Å²) in [5, 5.41) is 12.9. The second-order valence-corrected chi connectivity index (χ2v) is 6.43. The fourth-order valence-corrected chi connectivity index (χ4v) is 3.77. The van der Waals surface area contributed by atoms with E-state index in [4.69, 9.17) is 18.9 Å². The Kier molecular flexibility index (Phi) is 4.18. The second-order valence-electron chi connectivity index (χ2n) is 6.43. The topological polar surface area (TPSA) is 61.0 Å². The number of aryl methyl sites for hydroxylation is 2. The van der Waals surface area contributed by atoms with Gasteiger partial charge in [0.05, 0.1) is 34.0 Å². The number of methoxy groups -OCH3 is 4. The number of rotatable bonds is 4. The van der Waals surface area contributed by atoms with Crippen LogP contribution in [-0.4, -0.2) is 33.5 Å². The third-order valence-electron chi connectivity index (χ3n) is 5.09. The molecule has 0 spiro atoms. The molecule has 0 bridgehead atoms. The molecule has 1 N–H and O–H groups in total. The zero-order valence-electron chi connectivity index (χ0n) is 15.8. The number of hydrogen-bond acceptors (Lipinski definition) is 5. The maximum Gasteiger partial charge on any atom is 0.217 e. The van der Waals surface area contributed by atoms with Crippen molar-refractivity contribution in [3.05, 3.63) is 36.0 Å². The molecule has 140 valence electrons. The van der Waals surface area contributed by atoms with Crippen LogP contribution < -0.4 is 23.5 Å². The number of fused-ring (bicyclic) bond motifs is 4. The summed E-state index contributed by atoms with van der Waals surface area (Å²) in [4.78, 5) is 0. The van der Waals surface area contributed by atoms with Gasteiger partial charge in [-0.25, -0.2) is 0 Å². The van der Waals surface area contributed by atoms with Crippen molar-refractivity contribution in [2.45, 2.75) is 13.0 Å². The van der Waals surface area contributed by atoms with Gasteiger partial charge in [-0.15, -0.1) is 0 Å². The Hall–Kier alpha value is -3.15. The second kappa shape index (κ2) is 6.54. The first-order valence-corrected chi connectivity index (χ1v) is 8.67. The molecular formula is C21H22NO5+. The van der Waals surface area contributed by atoms with Crippen LogP contribution in [0.4, 0.5) is 0 Å². The molecule has 0 atom stereocenters. The highest BCUT2D eigenvalue weighted by atomic mass is 16.5. The maximum atomic E-state index is 10.9. The monoisotopic (exact) mass is 368 g/mol. The Balaban J connectivity index is 1.99. The lowest BCUT2D eigenvalue weighted by atomic mass is 9.94. The molecule has 0 saturated heterocycles. The van der Waals surface area contributed by atoms with Gasteiger partial charge >= 0.3 is 0 Å². The van der Waals surface area contributed by atoms with Crippen molar-refractivity contribution in [1.82, 2.24) is 0 Å². The van der Waals surface area contributed by atoms with Gasteiger partial charge in [-0.3, -0.25) is 0 Å². The number of phenols is 1. The smallest absolute Gasteiger partial charge is 0.217 e. The first-order valence-electron chi connectivity index (χ1n) is 8.67. The molecular weight excluding hydrogens is 346 g/mol. The summed E-state index contributed by atoms with van der Waals surface area (Å²) in [6, 6.07) is 7.91. The van der Waals surface area contributed by atoms with Gasteiger partial charge in [-0.1, -0.05) is 0 Å². The summed E-state index contributed by atoms with van der Waals surface area (Å²) in [6.45, 7) is 0.807. The summed E-state index contributed by atoms with van der Waals surface area (Å²) < 4.78 is 23.7. The van der Waals surface area contributed by atoms with Crippen LogP contribution in [0.5, 0.6) is 28.7 Å². The van der Waals surface area contributed by atoms with Crippen molar-refractivity contribution in [1.29, 1.82) is 0 Å². The van der Waals surface area contributed by atoms with E-state index in [0.717, 1.165) is 40.6 Å². The molecule has 0 saturated carbocycles. The number of aromatic nitrogens is 1. The van der Waals surface area contributed by atoms with Gasteiger partial charge in [0.15, 0.2) is 35.7 Å². The van der Waals surface area contributed by atoms with Gasteiger partial charge in [0.1, 0.15) is 0 Å². The summed E-state index contributed by atoms with van der Waals surface area (Å²) in [7, 11) is 6.35. The molecule has 27 heavy (non-hydrogen) atoms. The van der Waals surface area contributed by atoms with E-state index >= 15 is 0 Å². The highest BCUT2D eigenvalue weighted by Crippen LogP contribution is 2.47. The SMILES string of the molecule is COc1cc2cc3[n+](cc2cc1OC)CCc1cc(OC)c(OC)c(O)c1-3. The minimum atomic E-state index is 0.0973. The van der Waals surface area contributed by atoms with Crippen molar-refractivity contribution in [3.8, 4) is 40.0 Å². The van der Waals surface area contributed by atoms with E-state index < -0.39 is 0 Å². The predicted octanol–water partition coefficient (Wildman–Crippen LogP) is 3.09. The normalized spacial score (nSPS) is 12.3. The maximum absolute atomic E-state index is 10.9. The molecule has 2 heterocycles. The van der Waals surface area contributed by atoms with Gasteiger partial charge in [0, 0.05) is 17.9 Å². The molecule has 4 rings (SSSR count). The van der Waals surface area contributed by atoms with Gasteiger partial charge in [-0.05, 0) is 29.1 Å². The van der Waals surface area contributed by atoms with Crippen LogP contribution in [0.3, 0.4) is 0 Å². The van der Waals surface area contributed by atoms with Gasteiger partial charge in [0.2, 0.25) is 11.4 Å². The molecule has 0 aliphatic carbocycles. The van der Waals surface area contributed by atoms with Gasteiger partial charge in [0.25, 0.3) is 0 Å². The fourth-order valence-electron chi connectivity index (χ4n) is 3.77. The largest absolute Gasteiger partial charge is 0.504 e.